The van der Waals surface area contributed by atoms with E-state index in [-0.39, 0.29) is 17.7 Å². The van der Waals surface area contributed by atoms with Crippen LogP contribution in [0.4, 0.5) is 24.5 Å². The second-order valence-electron chi connectivity index (χ2n) is 14.2. The van der Waals surface area contributed by atoms with Gasteiger partial charge >= 0.3 is 6.18 Å². The van der Waals surface area contributed by atoms with Crippen LogP contribution in [0.3, 0.4) is 0 Å². The molecule has 0 fully saturated rings. The van der Waals surface area contributed by atoms with Gasteiger partial charge in [0, 0.05) is 78.2 Å². The summed E-state index contributed by atoms with van der Waals surface area (Å²) in [6, 6.07) is 12.0. The molecule has 4 rings (SSSR count). The van der Waals surface area contributed by atoms with Gasteiger partial charge in [-0.1, -0.05) is 66.4 Å². The maximum absolute atomic E-state index is 13.5. The Balaban J connectivity index is 0.000000944. The predicted molar refractivity (Wildman–Crippen MR) is 214 cm³/mol. The van der Waals surface area contributed by atoms with Crippen LogP contribution in [0.25, 0.3) is 11.0 Å². The SMILES string of the molecule is CCN(CC)CC.Cc1ccc(NC(=O)c2ccc(CN)c(C(F)(F)F)c2)cc1NCc1cnc2c(ccn2COCC[Si](C)(C)C)c1SC(C)C. The van der Waals surface area contributed by atoms with Crippen molar-refractivity contribution >= 4 is 48.2 Å². The summed E-state index contributed by atoms with van der Waals surface area (Å²) >= 11 is 1.78. The number of benzene rings is 2. The number of carbonyl (C=O) groups excluding carboxylic acids is 1. The molecule has 13 heteroatoms. The van der Waals surface area contributed by atoms with Crippen molar-refractivity contribution in [1.82, 2.24) is 14.5 Å². The predicted octanol–water partition coefficient (Wildman–Crippen LogP) is 9.85. The molecule has 0 aliphatic carbocycles. The van der Waals surface area contributed by atoms with Crippen LogP contribution in [0.15, 0.2) is 59.8 Å². The number of fused-ring (bicyclic) bond motifs is 1. The van der Waals surface area contributed by atoms with Crippen molar-refractivity contribution < 1.29 is 22.7 Å². The number of halogens is 3. The molecule has 4 aromatic rings. The van der Waals surface area contributed by atoms with Gasteiger partial charge in [0.2, 0.25) is 0 Å². The van der Waals surface area contributed by atoms with Gasteiger partial charge in [-0.05, 0) is 74.1 Å². The highest BCUT2D eigenvalue weighted by Crippen LogP contribution is 2.35. The first-order chi connectivity index (χ1) is 24.5. The molecule has 52 heavy (non-hydrogen) atoms. The fraction of sp³-hybridized carbons (Fsp3) is 0.487. The van der Waals surface area contributed by atoms with Crippen molar-refractivity contribution in [2.75, 3.05) is 36.9 Å². The highest BCUT2D eigenvalue weighted by atomic mass is 32.2. The third-order valence-corrected chi connectivity index (χ3v) is 11.5. The van der Waals surface area contributed by atoms with Gasteiger partial charge in [0.1, 0.15) is 12.4 Å². The smallest absolute Gasteiger partial charge is 0.381 e. The van der Waals surface area contributed by atoms with E-state index in [1.165, 1.54) is 31.8 Å². The molecular weight excluding hydrogens is 702 g/mol. The summed E-state index contributed by atoms with van der Waals surface area (Å²) in [6.07, 6.45) is -0.700. The van der Waals surface area contributed by atoms with Crippen molar-refractivity contribution in [3.05, 3.63) is 82.7 Å². The number of ether oxygens (including phenoxy) is 1. The van der Waals surface area contributed by atoms with E-state index in [0.29, 0.717) is 24.2 Å². The van der Waals surface area contributed by atoms with Crippen molar-refractivity contribution in [3.8, 4) is 0 Å². The lowest BCUT2D eigenvalue weighted by molar-refractivity contribution is -0.138. The largest absolute Gasteiger partial charge is 0.416 e. The molecule has 2 aromatic heterocycles. The zero-order valence-electron chi connectivity index (χ0n) is 32.2. The van der Waals surface area contributed by atoms with E-state index in [1.807, 2.05) is 30.0 Å². The number of pyridine rings is 1. The number of carbonyl (C=O) groups is 1. The first-order valence-corrected chi connectivity index (χ1v) is 22.6. The first-order valence-electron chi connectivity index (χ1n) is 18.0. The number of aromatic nitrogens is 2. The van der Waals surface area contributed by atoms with E-state index in [1.54, 1.807) is 23.9 Å². The molecular formula is C39H57F3N6O2SSi. The summed E-state index contributed by atoms with van der Waals surface area (Å²) in [7, 11) is -1.17. The van der Waals surface area contributed by atoms with Crippen LogP contribution in [-0.4, -0.2) is 59.9 Å². The fourth-order valence-electron chi connectivity index (χ4n) is 5.42. The quantitative estimate of drug-likeness (QED) is 0.0595. The van der Waals surface area contributed by atoms with Crippen molar-refractivity contribution in [1.29, 1.82) is 0 Å². The Hall–Kier alpha value is -3.36. The molecule has 1 amide bonds. The lowest BCUT2D eigenvalue weighted by Gasteiger charge is -2.17. The number of hydrogen-bond acceptors (Lipinski definition) is 7. The van der Waals surface area contributed by atoms with Crippen molar-refractivity contribution in [2.45, 2.75) is 103 Å². The van der Waals surface area contributed by atoms with Crippen LogP contribution < -0.4 is 16.4 Å². The number of nitrogens with one attached hydrogen (secondary N) is 2. The molecule has 0 saturated carbocycles. The average molecular weight is 759 g/mol. The Morgan fingerprint density at radius 1 is 1.04 bits per heavy atom. The summed E-state index contributed by atoms with van der Waals surface area (Å²) in [6.45, 7) is 24.8. The highest BCUT2D eigenvalue weighted by Gasteiger charge is 2.33. The number of nitrogens with two attached hydrogens (primary N) is 1. The minimum atomic E-state index is -4.61. The van der Waals surface area contributed by atoms with Gasteiger partial charge in [0.25, 0.3) is 5.91 Å². The van der Waals surface area contributed by atoms with Crippen LogP contribution in [0.1, 0.15) is 67.2 Å². The molecule has 286 valence electrons. The average Bonchev–Trinajstić information content (AvgIpc) is 3.50. The van der Waals surface area contributed by atoms with Crippen LogP contribution in [-0.2, 0) is 30.7 Å². The molecule has 0 atom stereocenters. The molecule has 2 heterocycles. The molecule has 0 aliphatic rings. The molecule has 0 bridgehead atoms. The summed E-state index contributed by atoms with van der Waals surface area (Å²) < 4.78 is 48.5. The minimum Gasteiger partial charge on any atom is -0.381 e. The van der Waals surface area contributed by atoms with Gasteiger partial charge in [-0.2, -0.15) is 13.2 Å². The highest BCUT2D eigenvalue weighted by molar-refractivity contribution is 8.00. The number of anilines is 2. The summed E-state index contributed by atoms with van der Waals surface area (Å²) in [5.41, 5.74) is 8.52. The molecule has 0 spiro atoms. The lowest BCUT2D eigenvalue weighted by Crippen LogP contribution is -2.22. The van der Waals surface area contributed by atoms with Crippen LogP contribution in [0.5, 0.6) is 0 Å². The Morgan fingerprint density at radius 2 is 1.73 bits per heavy atom. The monoisotopic (exact) mass is 758 g/mol. The van der Waals surface area contributed by atoms with E-state index >= 15 is 0 Å². The summed E-state index contributed by atoms with van der Waals surface area (Å²) in [5, 5.41) is 7.62. The van der Waals surface area contributed by atoms with Crippen molar-refractivity contribution in [3.63, 3.8) is 0 Å². The Kier molecular flexibility index (Phi) is 16.3. The van der Waals surface area contributed by atoms with E-state index < -0.39 is 25.7 Å². The number of nitrogens with zero attached hydrogens (tertiary/aromatic N) is 3. The summed E-state index contributed by atoms with van der Waals surface area (Å²) in [5.74, 6) is -0.641. The Bertz CT molecular complexity index is 1750. The number of hydrogen-bond donors (Lipinski definition) is 3. The maximum Gasteiger partial charge on any atom is 0.416 e. The first kappa shape index (κ1) is 43.0. The lowest BCUT2D eigenvalue weighted by atomic mass is 10.0. The summed E-state index contributed by atoms with van der Waals surface area (Å²) in [4.78, 5) is 21.2. The molecule has 4 N–H and O–H groups in total. The van der Waals surface area contributed by atoms with Gasteiger partial charge in [0.15, 0.2) is 0 Å². The number of amides is 1. The second-order valence-corrected chi connectivity index (χ2v) is 21.4. The Morgan fingerprint density at radius 3 is 2.31 bits per heavy atom. The van der Waals surface area contributed by atoms with E-state index in [0.717, 1.165) is 51.5 Å². The van der Waals surface area contributed by atoms with Gasteiger partial charge in [-0.25, -0.2) is 4.98 Å². The third-order valence-electron chi connectivity index (χ3n) is 8.60. The van der Waals surface area contributed by atoms with Crippen molar-refractivity contribution in [2.24, 2.45) is 5.73 Å². The van der Waals surface area contributed by atoms with E-state index in [2.05, 4.69) is 75.9 Å². The molecule has 0 radical (unpaired) electrons. The number of alkyl halides is 3. The van der Waals surface area contributed by atoms with Crippen LogP contribution in [0.2, 0.25) is 25.7 Å². The molecule has 8 nitrogen and oxygen atoms in total. The van der Waals surface area contributed by atoms with Gasteiger partial charge < -0.3 is 30.6 Å². The minimum absolute atomic E-state index is 0.0640. The zero-order chi connectivity index (χ0) is 38.6. The topological polar surface area (TPSA) is 97.4 Å². The number of aryl methyl sites for hydroxylation is 1. The third kappa shape index (κ3) is 12.6. The molecule has 0 unspecified atom stereocenters. The molecule has 0 aliphatic heterocycles. The number of rotatable bonds is 16. The Labute approximate surface area is 313 Å². The maximum atomic E-state index is 13.5. The zero-order valence-corrected chi connectivity index (χ0v) is 34.0. The van der Waals surface area contributed by atoms with Gasteiger partial charge in [0.05, 0.1) is 5.56 Å². The van der Waals surface area contributed by atoms with Gasteiger partial charge in [-0.15, -0.1) is 11.8 Å². The van der Waals surface area contributed by atoms with E-state index in [4.69, 9.17) is 15.5 Å². The standard InChI is InChI=1S/C33H42F3N5O2SSi.C6H15N/c1-21(2)44-30-25(19-39-31-27(30)11-12-41(31)20-43-13-14-45(4,5)6)18-38-29-16-26(10-7-22(29)3)40-32(42)23-8-9-24(17-37)28(15-23)33(34,35)36;1-4-7(5-2)6-3/h7-12,15-16,19,21,38H,13-14,17-18,20,37H2,1-6H3,(H,40,42);4-6H2,1-3H3. The molecule has 2 aromatic carbocycles. The normalized spacial score (nSPS) is 12.0. The molecule has 0 saturated heterocycles. The number of thioether (sulfide) groups is 1. The van der Waals surface area contributed by atoms with Gasteiger partial charge in [-0.3, -0.25) is 4.79 Å². The van der Waals surface area contributed by atoms with E-state index in [9.17, 15) is 18.0 Å². The van der Waals surface area contributed by atoms with Crippen LogP contribution in [0, 0.1) is 6.92 Å². The van der Waals surface area contributed by atoms with Crippen LogP contribution >= 0.6 is 11.8 Å². The fourth-order valence-corrected chi connectivity index (χ4v) is 7.21. The second kappa shape index (κ2) is 19.6.